The number of carbonyl (C=O) groups is 3. The molecule has 0 aromatic heterocycles. The van der Waals surface area contributed by atoms with Crippen molar-refractivity contribution in [1.29, 1.82) is 0 Å². The number of alkyl carbamates (subject to hydrolysis) is 1. The molecule has 1 rings (SSSR count). The number of ether oxygens (including phenoxy) is 2. The van der Waals surface area contributed by atoms with Gasteiger partial charge in [-0.05, 0) is 33.6 Å². The quantitative estimate of drug-likeness (QED) is 0.760. The first-order valence-corrected chi connectivity index (χ1v) is 8.76. The number of methoxy groups -OCH3 is 1. The molecule has 0 aromatic carbocycles. The highest BCUT2D eigenvalue weighted by molar-refractivity contribution is 6.06. The molecule has 1 N–H and O–H groups in total. The zero-order chi connectivity index (χ0) is 19.2. The van der Waals surface area contributed by atoms with Gasteiger partial charge in [-0.15, -0.1) is 0 Å². The number of imide groups is 1. The number of nitrogens with zero attached hydrogens (tertiary/aromatic N) is 1. The highest BCUT2D eigenvalue weighted by Crippen LogP contribution is 2.25. The predicted octanol–water partition coefficient (Wildman–Crippen LogP) is 2.75. The van der Waals surface area contributed by atoms with E-state index < -0.39 is 35.6 Å². The average molecular weight is 354 g/mol. The Balaban J connectivity index is 2.94. The Hall–Kier alpha value is -2.05. The van der Waals surface area contributed by atoms with Gasteiger partial charge in [0.15, 0.2) is 0 Å². The fraction of sp³-hybridized carbons (Fsp3) is 0.722. The van der Waals surface area contributed by atoms with Crippen LogP contribution < -0.4 is 5.32 Å². The Labute approximate surface area is 149 Å². The summed E-state index contributed by atoms with van der Waals surface area (Å²) >= 11 is 0. The van der Waals surface area contributed by atoms with Gasteiger partial charge in [-0.3, -0.25) is 14.5 Å². The number of hydrogen-bond donors (Lipinski definition) is 1. The molecule has 7 heteroatoms. The Bertz CT molecular complexity index is 536. The smallest absolute Gasteiger partial charge is 0.408 e. The van der Waals surface area contributed by atoms with Crippen LogP contribution in [0.1, 0.15) is 60.3 Å². The minimum atomic E-state index is -0.812. The first-order valence-electron chi connectivity index (χ1n) is 8.76. The summed E-state index contributed by atoms with van der Waals surface area (Å²) < 4.78 is 10.5. The van der Waals surface area contributed by atoms with Crippen LogP contribution in [0.25, 0.3) is 0 Å². The molecule has 0 aliphatic carbocycles. The van der Waals surface area contributed by atoms with Crippen molar-refractivity contribution >= 4 is 17.9 Å². The van der Waals surface area contributed by atoms with E-state index >= 15 is 0 Å². The van der Waals surface area contributed by atoms with Crippen LogP contribution in [-0.4, -0.2) is 47.6 Å². The van der Waals surface area contributed by atoms with Crippen LogP contribution in [0.5, 0.6) is 0 Å². The zero-order valence-electron chi connectivity index (χ0n) is 16.0. The second-order valence-corrected chi connectivity index (χ2v) is 7.09. The molecule has 1 heterocycles. The molecule has 0 bridgehead atoms. The van der Waals surface area contributed by atoms with Crippen LogP contribution >= 0.6 is 0 Å². The van der Waals surface area contributed by atoms with Crippen LogP contribution in [0.4, 0.5) is 4.79 Å². The predicted molar refractivity (Wildman–Crippen MR) is 93.7 cm³/mol. The van der Waals surface area contributed by atoms with Crippen molar-refractivity contribution < 1.29 is 23.9 Å². The van der Waals surface area contributed by atoms with Crippen molar-refractivity contribution in [2.75, 3.05) is 7.11 Å². The van der Waals surface area contributed by atoms with E-state index in [1.165, 1.54) is 18.1 Å². The molecule has 2 atom stereocenters. The van der Waals surface area contributed by atoms with Crippen molar-refractivity contribution in [1.82, 2.24) is 10.2 Å². The van der Waals surface area contributed by atoms with Crippen molar-refractivity contribution in [3.63, 3.8) is 0 Å². The lowest BCUT2D eigenvalue weighted by Crippen LogP contribution is -2.52. The van der Waals surface area contributed by atoms with E-state index in [1.807, 2.05) is 13.8 Å². The molecule has 142 valence electrons. The van der Waals surface area contributed by atoms with E-state index in [-0.39, 0.29) is 0 Å². The molecule has 0 radical (unpaired) electrons. The molecule has 0 saturated heterocycles. The van der Waals surface area contributed by atoms with Crippen molar-refractivity contribution in [2.45, 2.75) is 78.0 Å². The fourth-order valence-electron chi connectivity index (χ4n) is 2.73. The summed E-state index contributed by atoms with van der Waals surface area (Å²) in [5.41, 5.74) is -0.664. The largest absolute Gasteiger partial charge is 0.499 e. The molecule has 3 amide bonds. The standard InChI is InChI=1S/C18H30N2O5/c1-7-9-12(19-17(23)25-18(3,4)5)16(22)20-13(10-8-2)14(24-6)11-15(20)21/h11-13H,7-10H2,1-6H3,(H,19,23)/t12-,13+/m0/s1. The summed E-state index contributed by atoms with van der Waals surface area (Å²) in [5.74, 6) is -0.362. The van der Waals surface area contributed by atoms with Gasteiger partial charge in [0.1, 0.15) is 17.4 Å². The zero-order valence-corrected chi connectivity index (χ0v) is 16.0. The Kier molecular flexibility index (Phi) is 7.45. The molecule has 0 fully saturated rings. The third kappa shape index (κ3) is 5.76. The molecule has 0 saturated carbocycles. The summed E-state index contributed by atoms with van der Waals surface area (Å²) in [5, 5.41) is 2.60. The second-order valence-electron chi connectivity index (χ2n) is 7.09. The van der Waals surface area contributed by atoms with E-state index in [4.69, 9.17) is 9.47 Å². The maximum atomic E-state index is 12.9. The van der Waals surface area contributed by atoms with Crippen molar-refractivity contribution in [3.05, 3.63) is 11.8 Å². The molecular weight excluding hydrogens is 324 g/mol. The van der Waals surface area contributed by atoms with E-state index in [2.05, 4.69) is 5.32 Å². The second kappa shape index (κ2) is 8.87. The third-order valence-electron chi connectivity index (χ3n) is 3.74. The lowest BCUT2D eigenvalue weighted by Gasteiger charge is -2.29. The highest BCUT2D eigenvalue weighted by Gasteiger charge is 2.40. The Morgan fingerprint density at radius 1 is 1.28 bits per heavy atom. The van der Waals surface area contributed by atoms with Crippen LogP contribution in [0.3, 0.4) is 0 Å². The summed E-state index contributed by atoms with van der Waals surface area (Å²) in [6.45, 7) is 9.13. The first-order chi connectivity index (χ1) is 11.6. The molecule has 25 heavy (non-hydrogen) atoms. The van der Waals surface area contributed by atoms with E-state index in [0.717, 1.165) is 6.42 Å². The van der Waals surface area contributed by atoms with E-state index in [0.29, 0.717) is 25.0 Å². The van der Waals surface area contributed by atoms with Gasteiger partial charge in [-0.25, -0.2) is 4.79 Å². The summed E-state index contributed by atoms with van der Waals surface area (Å²) in [6.07, 6.45) is 3.18. The molecule has 0 aromatic rings. The molecule has 1 aliphatic heterocycles. The molecule has 0 unspecified atom stereocenters. The monoisotopic (exact) mass is 354 g/mol. The van der Waals surface area contributed by atoms with Crippen LogP contribution in [0.15, 0.2) is 11.8 Å². The fourth-order valence-corrected chi connectivity index (χ4v) is 2.73. The van der Waals surface area contributed by atoms with Gasteiger partial charge in [0.2, 0.25) is 0 Å². The normalized spacial score (nSPS) is 18.6. The van der Waals surface area contributed by atoms with Gasteiger partial charge in [-0.2, -0.15) is 0 Å². The van der Waals surface area contributed by atoms with Crippen molar-refractivity contribution in [2.24, 2.45) is 0 Å². The van der Waals surface area contributed by atoms with Crippen LogP contribution in [0.2, 0.25) is 0 Å². The van der Waals surface area contributed by atoms with Gasteiger partial charge in [0.05, 0.1) is 13.2 Å². The topological polar surface area (TPSA) is 84.9 Å². The van der Waals surface area contributed by atoms with Crippen LogP contribution in [-0.2, 0) is 19.1 Å². The van der Waals surface area contributed by atoms with Crippen LogP contribution in [0, 0.1) is 0 Å². The van der Waals surface area contributed by atoms with E-state index in [9.17, 15) is 14.4 Å². The van der Waals surface area contributed by atoms with Gasteiger partial charge in [-0.1, -0.05) is 26.7 Å². The number of hydrogen-bond acceptors (Lipinski definition) is 5. The molecular formula is C18H30N2O5. The summed E-state index contributed by atoms with van der Waals surface area (Å²) in [7, 11) is 1.48. The summed E-state index contributed by atoms with van der Waals surface area (Å²) in [4.78, 5) is 38.5. The third-order valence-corrected chi connectivity index (χ3v) is 3.74. The molecule has 0 spiro atoms. The Morgan fingerprint density at radius 2 is 1.92 bits per heavy atom. The van der Waals surface area contributed by atoms with Crippen molar-refractivity contribution in [3.8, 4) is 0 Å². The van der Waals surface area contributed by atoms with Gasteiger partial charge in [0.25, 0.3) is 11.8 Å². The van der Waals surface area contributed by atoms with E-state index in [1.54, 1.807) is 20.8 Å². The SMILES string of the molecule is CCC[C@H](NC(=O)OC(C)(C)C)C(=O)N1C(=O)C=C(OC)[C@H]1CCC. The number of carbonyl (C=O) groups excluding carboxylic acids is 3. The summed E-state index contributed by atoms with van der Waals surface area (Å²) in [6, 6.07) is -1.23. The highest BCUT2D eigenvalue weighted by atomic mass is 16.6. The average Bonchev–Trinajstić information content (AvgIpc) is 2.80. The van der Waals surface area contributed by atoms with Gasteiger partial charge < -0.3 is 14.8 Å². The molecule has 7 nitrogen and oxygen atoms in total. The lowest BCUT2D eigenvalue weighted by molar-refractivity contribution is -0.144. The number of rotatable bonds is 7. The maximum absolute atomic E-state index is 12.9. The van der Waals surface area contributed by atoms with Gasteiger partial charge >= 0.3 is 6.09 Å². The lowest BCUT2D eigenvalue weighted by atomic mass is 10.1. The van der Waals surface area contributed by atoms with Gasteiger partial charge in [0, 0.05) is 6.08 Å². The first kappa shape index (κ1) is 21.0. The maximum Gasteiger partial charge on any atom is 0.408 e. The number of nitrogens with one attached hydrogen (secondary N) is 1. The minimum Gasteiger partial charge on any atom is -0.499 e. The molecule has 1 aliphatic rings. The minimum absolute atomic E-state index is 0.410. The number of amides is 3. The Morgan fingerprint density at radius 3 is 2.40 bits per heavy atom.